The smallest absolute Gasteiger partial charge is 0.282 e. The Morgan fingerprint density at radius 1 is 1.18 bits per heavy atom. The van der Waals surface area contributed by atoms with Gasteiger partial charge in [0.15, 0.2) is 0 Å². The number of nitrogens with zero attached hydrogens (tertiary/aromatic N) is 5. The van der Waals surface area contributed by atoms with E-state index in [9.17, 15) is 28.5 Å². The second kappa shape index (κ2) is 8.84. The van der Waals surface area contributed by atoms with Crippen LogP contribution in [0.5, 0.6) is 0 Å². The van der Waals surface area contributed by atoms with Crippen LogP contribution < -0.4 is 10.6 Å². The largest absolute Gasteiger partial charge is 0.416 e. The van der Waals surface area contributed by atoms with E-state index in [4.69, 9.17) is 0 Å². The number of aromatic nitrogens is 3. The van der Waals surface area contributed by atoms with Crippen LogP contribution in [-0.4, -0.2) is 20.1 Å². The Bertz CT molecular complexity index is 1440. The van der Waals surface area contributed by atoms with Gasteiger partial charge in [-0.25, -0.2) is 14.5 Å². The maximum Gasteiger partial charge on any atom is 0.416 e. The molecule has 2 heterocycles. The Balaban J connectivity index is 1.98. The van der Waals surface area contributed by atoms with Gasteiger partial charge in [0.1, 0.15) is 6.04 Å². The number of nitrogens with one attached hydrogen (secondary N) is 1. The highest BCUT2D eigenvalue weighted by molar-refractivity contribution is 9.09. The van der Waals surface area contributed by atoms with E-state index in [0.717, 1.165) is 17.7 Å². The Labute approximate surface area is 200 Å². The minimum Gasteiger partial charge on any atom is -0.282 e. The van der Waals surface area contributed by atoms with Crippen molar-refractivity contribution in [3.63, 3.8) is 0 Å². The van der Waals surface area contributed by atoms with Crippen molar-refractivity contribution in [2.45, 2.75) is 25.6 Å². The fourth-order valence-electron chi connectivity index (χ4n) is 4.11. The molecule has 0 fully saturated rings. The third kappa shape index (κ3) is 3.88. The molecule has 3 aromatic rings. The fourth-order valence-corrected chi connectivity index (χ4v) is 4.54. The number of H-pyrrole nitrogens is 1. The van der Waals surface area contributed by atoms with Crippen molar-refractivity contribution in [1.82, 2.24) is 14.8 Å². The molecular formula is C23H16BrF3N6O. The minimum absolute atomic E-state index is 0.0555. The van der Waals surface area contributed by atoms with Crippen molar-refractivity contribution in [3.05, 3.63) is 86.5 Å². The molecule has 0 spiro atoms. The number of anilines is 2. The van der Waals surface area contributed by atoms with E-state index in [0.29, 0.717) is 28.6 Å². The van der Waals surface area contributed by atoms with Gasteiger partial charge in [0, 0.05) is 16.7 Å². The van der Waals surface area contributed by atoms with Gasteiger partial charge in [-0.2, -0.15) is 23.7 Å². The van der Waals surface area contributed by atoms with Crippen LogP contribution in [0.1, 0.15) is 35.2 Å². The molecule has 2 aromatic carbocycles. The maximum atomic E-state index is 13.4. The summed E-state index contributed by atoms with van der Waals surface area (Å²) in [4.78, 5) is 14.2. The van der Waals surface area contributed by atoms with Crippen LogP contribution in [0.2, 0.25) is 0 Å². The van der Waals surface area contributed by atoms with E-state index in [1.807, 2.05) is 0 Å². The van der Waals surface area contributed by atoms with Crippen LogP contribution in [0, 0.1) is 22.7 Å². The van der Waals surface area contributed by atoms with E-state index >= 15 is 0 Å². The number of nitriles is 2. The lowest BCUT2D eigenvalue weighted by Crippen LogP contribution is -2.35. The second-order valence-electron chi connectivity index (χ2n) is 7.56. The van der Waals surface area contributed by atoms with Gasteiger partial charge >= 0.3 is 11.9 Å². The third-order valence-electron chi connectivity index (χ3n) is 5.63. The topological polar surface area (TPSA) is 101 Å². The third-order valence-corrected chi connectivity index (χ3v) is 6.02. The summed E-state index contributed by atoms with van der Waals surface area (Å²) >= 11 is 3.39. The summed E-state index contributed by atoms with van der Waals surface area (Å²) in [6.45, 7) is 1.60. The summed E-state index contributed by atoms with van der Waals surface area (Å²) in [7, 11) is 0. The normalized spacial score (nSPS) is 15.6. The first-order chi connectivity index (χ1) is 16.2. The maximum absolute atomic E-state index is 13.4. The highest BCUT2D eigenvalue weighted by atomic mass is 79.9. The molecule has 0 bridgehead atoms. The van der Waals surface area contributed by atoms with Crippen LogP contribution in [-0.2, 0) is 12.6 Å². The van der Waals surface area contributed by atoms with Crippen molar-refractivity contribution in [2.24, 2.45) is 0 Å². The molecule has 0 amide bonds. The first-order valence-corrected chi connectivity index (χ1v) is 11.2. The van der Waals surface area contributed by atoms with E-state index < -0.39 is 23.5 Å². The lowest BCUT2D eigenvalue weighted by molar-refractivity contribution is -0.137. The number of alkyl halides is 4. The number of halogens is 4. The zero-order valence-corrected chi connectivity index (χ0v) is 19.3. The quantitative estimate of drug-likeness (QED) is 0.483. The van der Waals surface area contributed by atoms with Crippen molar-refractivity contribution >= 4 is 27.6 Å². The first kappa shape index (κ1) is 23.3. The standard InChI is InChI=1S/C23H16BrF3N6O/c1-13-19(12-29)20(18-6-5-14(11-28)9-15(18)7-8-24)33-21(30-31-22(33)34)32(13)17-4-2-3-16(10-17)23(25,26)27/h2-6,9-10,20H,7-8H2,1H3,(H,31,34)/t20-/m1/s1. The average molecular weight is 529 g/mol. The molecule has 1 atom stereocenters. The first-order valence-electron chi connectivity index (χ1n) is 10.0. The van der Waals surface area contributed by atoms with E-state index in [-0.39, 0.29) is 17.2 Å². The van der Waals surface area contributed by atoms with Gasteiger partial charge in [0.2, 0.25) is 5.95 Å². The van der Waals surface area contributed by atoms with Crippen molar-refractivity contribution in [1.29, 1.82) is 10.5 Å². The molecule has 1 N–H and O–H groups in total. The number of hydrogen-bond donors (Lipinski definition) is 1. The monoisotopic (exact) mass is 528 g/mol. The van der Waals surface area contributed by atoms with Gasteiger partial charge < -0.3 is 0 Å². The summed E-state index contributed by atoms with van der Waals surface area (Å²) in [6, 6.07) is 12.9. The molecule has 172 valence electrons. The van der Waals surface area contributed by atoms with Gasteiger partial charge in [0.05, 0.1) is 28.8 Å². The van der Waals surface area contributed by atoms with Crippen molar-refractivity contribution in [3.8, 4) is 12.1 Å². The predicted molar refractivity (Wildman–Crippen MR) is 122 cm³/mol. The molecule has 0 aliphatic carbocycles. The number of hydrogen-bond acceptors (Lipinski definition) is 5. The van der Waals surface area contributed by atoms with Gasteiger partial charge in [-0.3, -0.25) is 4.90 Å². The number of rotatable bonds is 4. The molecule has 1 aromatic heterocycles. The highest BCUT2D eigenvalue weighted by Crippen LogP contribution is 2.43. The molecule has 34 heavy (non-hydrogen) atoms. The number of aromatic amines is 1. The summed E-state index contributed by atoms with van der Waals surface area (Å²) in [6.07, 6.45) is -4.04. The SMILES string of the molecule is CC1=C(C#N)[C@@H](c2ccc(C#N)cc2CCBr)n2c(n[nH]c2=O)N1c1cccc(C(F)(F)F)c1. The Kier molecular flexibility index (Phi) is 6.07. The van der Waals surface area contributed by atoms with E-state index in [2.05, 4.69) is 38.3 Å². The Hall–Kier alpha value is -3.83. The number of allylic oxidation sites excluding steroid dienone is 2. The summed E-state index contributed by atoms with van der Waals surface area (Å²) in [5.41, 5.74) is 0.956. The molecule has 0 saturated carbocycles. The summed E-state index contributed by atoms with van der Waals surface area (Å²) < 4.78 is 41.3. The van der Waals surface area contributed by atoms with E-state index in [1.54, 1.807) is 25.1 Å². The van der Waals surface area contributed by atoms with Crippen LogP contribution >= 0.6 is 15.9 Å². The molecule has 11 heteroatoms. The summed E-state index contributed by atoms with van der Waals surface area (Å²) in [5, 5.41) is 26.4. The Morgan fingerprint density at radius 3 is 2.59 bits per heavy atom. The van der Waals surface area contributed by atoms with E-state index in [1.165, 1.54) is 21.6 Å². The zero-order chi connectivity index (χ0) is 24.6. The van der Waals surface area contributed by atoms with Crippen molar-refractivity contribution in [2.75, 3.05) is 10.2 Å². The van der Waals surface area contributed by atoms with Crippen LogP contribution in [0.25, 0.3) is 0 Å². The zero-order valence-electron chi connectivity index (χ0n) is 17.7. The second-order valence-corrected chi connectivity index (χ2v) is 8.35. The van der Waals surface area contributed by atoms with Crippen LogP contribution in [0.4, 0.5) is 24.8 Å². The Morgan fingerprint density at radius 2 is 1.94 bits per heavy atom. The molecule has 0 saturated heterocycles. The molecule has 1 aliphatic heterocycles. The number of benzene rings is 2. The van der Waals surface area contributed by atoms with Gasteiger partial charge in [0.25, 0.3) is 0 Å². The van der Waals surface area contributed by atoms with Gasteiger partial charge in [-0.1, -0.05) is 28.1 Å². The molecule has 0 radical (unpaired) electrons. The van der Waals surface area contributed by atoms with Crippen molar-refractivity contribution < 1.29 is 13.2 Å². The van der Waals surface area contributed by atoms with Gasteiger partial charge in [-0.05, 0) is 54.8 Å². The highest BCUT2D eigenvalue weighted by Gasteiger charge is 2.38. The molecule has 4 rings (SSSR count). The fraction of sp³-hybridized carbons (Fsp3) is 0.217. The molecule has 0 unspecified atom stereocenters. The average Bonchev–Trinajstić information content (AvgIpc) is 3.19. The lowest BCUT2D eigenvalue weighted by atomic mass is 9.90. The number of fused-ring (bicyclic) bond motifs is 1. The van der Waals surface area contributed by atoms with Crippen LogP contribution in [0.3, 0.4) is 0 Å². The lowest BCUT2D eigenvalue weighted by Gasteiger charge is -2.35. The van der Waals surface area contributed by atoms with Crippen LogP contribution in [0.15, 0.2) is 58.5 Å². The van der Waals surface area contributed by atoms with Gasteiger partial charge in [-0.15, -0.1) is 5.10 Å². The molecular weight excluding hydrogens is 513 g/mol. The number of aryl methyl sites for hydroxylation is 1. The molecule has 7 nitrogen and oxygen atoms in total. The molecule has 1 aliphatic rings. The predicted octanol–water partition coefficient (Wildman–Crippen LogP) is 4.94. The minimum atomic E-state index is -4.57. The summed E-state index contributed by atoms with van der Waals surface area (Å²) in [5.74, 6) is 0.0555.